The van der Waals surface area contributed by atoms with Crippen LogP contribution in [-0.2, 0) is 20.5 Å². The van der Waals surface area contributed by atoms with Crippen molar-refractivity contribution in [2.75, 3.05) is 32.1 Å². The molecule has 160 valence electrons. The molecule has 1 aliphatic heterocycles. The number of aliphatic hydroxyl groups is 1. The molecule has 1 amide bonds. The van der Waals surface area contributed by atoms with Crippen LogP contribution in [0.2, 0.25) is 0 Å². The molecule has 0 saturated heterocycles. The zero-order chi connectivity index (χ0) is 22.1. The summed E-state index contributed by atoms with van der Waals surface area (Å²) >= 11 is 0. The van der Waals surface area contributed by atoms with E-state index in [0.717, 1.165) is 10.7 Å². The van der Waals surface area contributed by atoms with Crippen molar-refractivity contribution in [2.24, 2.45) is 0 Å². The van der Waals surface area contributed by atoms with Crippen LogP contribution in [0, 0.1) is 6.92 Å². The lowest BCUT2D eigenvalue weighted by molar-refractivity contribution is -0.141. The lowest BCUT2D eigenvalue weighted by Crippen LogP contribution is -2.31. The number of anilines is 1. The lowest BCUT2D eigenvalue weighted by Gasteiger charge is -2.15. The van der Waals surface area contributed by atoms with Crippen LogP contribution in [0.5, 0.6) is 0 Å². The third-order valence-corrected chi connectivity index (χ3v) is 4.51. The molecule has 2 aromatic rings. The van der Waals surface area contributed by atoms with Crippen LogP contribution in [-0.4, -0.2) is 58.5 Å². The molecule has 3 rings (SSSR count). The Morgan fingerprint density at radius 3 is 2.50 bits per heavy atom. The zero-order valence-electron chi connectivity index (χ0n) is 16.2. The van der Waals surface area contributed by atoms with E-state index in [9.17, 15) is 22.8 Å². The van der Waals surface area contributed by atoms with E-state index in [2.05, 4.69) is 10.4 Å². The van der Waals surface area contributed by atoms with E-state index in [-0.39, 0.29) is 31.0 Å². The molecule has 30 heavy (non-hydrogen) atoms. The van der Waals surface area contributed by atoms with Gasteiger partial charge in [-0.05, 0) is 37.3 Å². The van der Waals surface area contributed by atoms with Crippen molar-refractivity contribution in [2.45, 2.75) is 13.1 Å². The number of hydrogen-bond donors (Lipinski definition) is 2. The number of carbonyl (C=O) groups is 2. The van der Waals surface area contributed by atoms with E-state index in [0.29, 0.717) is 17.1 Å². The second kappa shape index (κ2) is 8.19. The van der Waals surface area contributed by atoms with Gasteiger partial charge in [-0.1, -0.05) is 0 Å². The molecular formula is C19H19F3N4O4. The van der Waals surface area contributed by atoms with Crippen molar-refractivity contribution in [1.82, 2.24) is 14.7 Å². The summed E-state index contributed by atoms with van der Waals surface area (Å²) in [5, 5.41) is 15.5. The number of aliphatic hydroxyl groups excluding tert-OH is 1. The van der Waals surface area contributed by atoms with E-state index in [4.69, 9.17) is 9.84 Å². The van der Waals surface area contributed by atoms with Crippen LogP contribution in [0.3, 0.4) is 0 Å². The molecule has 2 heterocycles. The third-order valence-electron chi connectivity index (χ3n) is 4.51. The first kappa shape index (κ1) is 21.4. The molecule has 0 spiro atoms. The second-order valence-corrected chi connectivity index (χ2v) is 6.55. The van der Waals surface area contributed by atoms with E-state index < -0.39 is 23.7 Å². The summed E-state index contributed by atoms with van der Waals surface area (Å²) in [6.45, 7) is 1.31. The minimum Gasteiger partial charge on any atom is -0.466 e. The molecule has 0 radical (unpaired) electrons. The van der Waals surface area contributed by atoms with Gasteiger partial charge in [0.1, 0.15) is 5.70 Å². The van der Waals surface area contributed by atoms with Crippen molar-refractivity contribution in [1.29, 1.82) is 0 Å². The Labute approximate surface area is 169 Å². The van der Waals surface area contributed by atoms with Gasteiger partial charge in [-0.25, -0.2) is 9.48 Å². The average molecular weight is 424 g/mol. The second-order valence-electron chi connectivity index (χ2n) is 6.55. The van der Waals surface area contributed by atoms with Crippen molar-refractivity contribution in [3.05, 3.63) is 53.0 Å². The van der Waals surface area contributed by atoms with E-state index in [1.54, 1.807) is 12.1 Å². The van der Waals surface area contributed by atoms with Gasteiger partial charge in [0.2, 0.25) is 0 Å². The highest BCUT2D eigenvalue weighted by Crippen LogP contribution is 2.30. The van der Waals surface area contributed by atoms with Gasteiger partial charge >= 0.3 is 12.1 Å². The number of rotatable bonds is 6. The van der Waals surface area contributed by atoms with Gasteiger partial charge in [0, 0.05) is 17.9 Å². The third kappa shape index (κ3) is 4.15. The van der Waals surface area contributed by atoms with Crippen LogP contribution in [0.15, 0.2) is 41.6 Å². The Balaban J connectivity index is 1.85. The van der Waals surface area contributed by atoms with Gasteiger partial charge in [-0.15, -0.1) is 0 Å². The van der Waals surface area contributed by atoms with Crippen molar-refractivity contribution >= 4 is 17.6 Å². The minimum absolute atomic E-state index is 0.000809. The maximum atomic E-state index is 12.9. The summed E-state index contributed by atoms with van der Waals surface area (Å²) in [5.74, 6) is -1.14. The molecule has 1 aromatic heterocycles. The maximum absolute atomic E-state index is 12.9. The molecule has 2 N–H and O–H groups in total. The van der Waals surface area contributed by atoms with Crippen LogP contribution >= 0.6 is 0 Å². The maximum Gasteiger partial charge on any atom is 0.435 e. The van der Waals surface area contributed by atoms with Gasteiger partial charge in [-0.3, -0.25) is 4.79 Å². The molecule has 11 heteroatoms. The molecule has 0 atom stereocenters. The quantitative estimate of drug-likeness (QED) is 0.688. The Bertz CT molecular complexity index is 996. The number of ether oxygens (including phenoxy) is 1. The van der Waals surface area contributed by atoms with E-state index in [1.807, 2.05) is 0 Å². The summed E-state index contributed by atoms with van der Waals surface area (Å²) in [5.41, 5.74) is 0.306. The fourth-order valence-electron chi connectivity index (χ4n) is 3.05. The Hall–Kier alpha value is -3.34. The molecule has 0 fully saturated rings. The molecule has 0 unspecified atom stereocenters. The fraction of sp³-hybridized carbons (Fsp3) is 0.316. The number of nitrogens with one attached hydrogen (secondary N) is 1. The number of hydrogen-bond acceptors (Lipinski definition) is 6. The number of alkyl halides is 3. The molecule has 0 aliphatic carbocycles. The van der Waals surface area contributed by atoms with Crippen LogP contribution in [0.25, 0.3) is 5.69 Å². The Morgan fingerprint density at radius 2 is 1.97 bits per heavy atom. The predicted octanol–water partition coefficient (Wildman–Crippen LogP) is 1.87. The Morgan fingerprint density at radius 1 is 1.30 bits per heavy atom. The Kier molecular flexibility index (Phi) is 5.83. The minimum atomic E-state index is -4.54. The van der Waals surface area contributed by atoms with Crippen molar-refractivity contribution < 1.29 is 32.6 Å². The molecule has 0 bridgehead atoms. The van der Waals surface area contributed by atoms with E-state index in [1.165, 1.54) is 31.1 Å². The van der Waals surface area contributed by atoms with Gasteiger partial charge in [0.25, 0.3) is 5.91 Å². The number of halogens is 3. The first-order chi connectivity index (χ1) is 14.2. The first-order valence-corrected chi connectivity index (χ1v) is 8.88. The highest BCUT2D eigenvalue weighted by atomic mass is 19.4. The number of benzene rings is 1. The molecule has 1 aromatic carbocycles. The smallest absolute Gasteiger partial charge is 0.435 e. The number of amides is 1. The summed E-state index contributed by atoms with van der Waals surface area (Å²) in [7, 11) is 1.20. The van der Waals surface area contributed by atoms with Gasteiger partial charge in [0.15, 0.2) is 5.69 Å². The summed E-state index contributed by atoms with van der Waals surface area (Å²) < 4.78 is 44.5. The van der Waals surface area contributed by atoms with Crippen LogP contribution < -0.4 is 5.32 Å². The number of carbonyl (C=O) groups excluding carboxylic acids is 2. The van der Waals surface area contributed by atoms with Crippen LogP contribution in [0.1, 0.15) is 11.4 Å². The SMILES string of the molecule is COC(=O)C1=C(Nc2ccc(-n3nc(C(F)(F)F)cc3C)cc2)C(=O)N(CCO)C1. The number of aromatic nitrogens is 2. The number of esters is 1. The largest absolute Gasteiger partial charge is 0.466 e. The molecular weight excluding hydrogens is 405 g/mol. The number of nitrogens with zero attached hydrogens (tertiary/aromatic N) is 3. The summed E-state index contributed by atoms with van der Waals surface area (Å²) in [6, 6.07) is 7.12. The van der Waals surface area contributed by atoms with Crippen molar-refractivity contribution in [3.63, 3.8) is 0 Å². The van der Waals surface area contributed by atoms with Gasteiger partial charge in [0.05, 0.1) is 31.5 Å². The standard InChI is InChI=1S/C19H19F3N4O4/c1-11-9-15(19(20,21)22)24-26(11)13-5-3-12(4-6-13)23-16-14(18(29)30-2)10-25(7-8-27)17(16)28/h3-6,9,23,27H,7-8,10H2,1-2H3. The normalized spacial score (nSPS) is 14.5. The highest BCUT2D eigenvalue weighted by Gasteiger charge is 2.35. The highest BCUT2D eigenvalue weighted by molar-refractivity contribution is 6.08. The number of β-amino-alcohol motifs (C(OH)–C–C–N with tert-alkyl or cyclic N) is 1. The zero-order valence-corrected chi connectivity index (χ0v) is 16.2. The topological polar surface area (TPSA) is 96.7 Å². The average Bonchev–Trinajstić information content (AvgIpc) is 3.24. The first-order valence-electron chi connectivity index (χ1n) is 8.88. The monoisotopic (exact) mass is 424 g/mol. The van der Waals surface area contributed by atoms with Gasteiger partial charge < -0.3 is 20.1 Å². The molecule has 8 nitrogen and oxygen atoms in total. The number of methoxy groups -OCH3 is 1. The number of aryl methyl sites for hydroxylation is 1. The van der Waals surface area contributed by atoms with Crippen molar-refractivity contribution in [3.8, 4) is 5.69 Å². The van der Waals surface area contributed by atoms with Gasteiger partial charge in [-0.2, -0.15) is 18.3 Å². The summed E-state index contributed by atoms with van der Waals surface area (Å²) in [4.78, 5) is 25.8. The molecule has 0 saturated carbocycles. The fourth-order valence-corrected chi connectivity index (χ4v) is 3.05. The lowest BCUT2D eigenvalue weighted by atomic mass is 10.2. The summed E-state index contributed by atoms with van der Waals surface area (Å²) in [6.07, 6.45) is -4.54. The molecule has 1 aliphatic rings. The van der Waals surface area contributed by atoms with Crippen LogP contribution in [0.4, 0.5) is 18.9 Å². The predicted molar refractivity (Wildman–Crippen MR) is 99.6 cm³/mol. The van der Waals surface area contributed by atoms with E-state index >= 15 is 0 Å².